The number of sulfone groups is 1. The van der Waals surface area contributed by atoms with Gasteiger partial charge in [-0.2, -0.15) is 8.42 Å². The summed E-state index contributed by atoms with van der Waals surface area (Å²) in [5, 5.41) is 72.2. The van der Waals surface area contributed by atoms with E-state index in [1.165, 1.54) is 70.2 Å². The number of aliphatic hydroxyl groups is 8. The number of carbonyl (C=O) groups is 4. The Kier molecular flexibility index (Phi) is 60.2. The van der Waals surface area contributed by atoms with Gasteiger partial charge < -0.3 is 158 Å². The highest BCUT2D eigenvalue weighted by molar-refractivity contribution is 8.00. The minimum atomic E-state index is -4.04. The smallest absolute Gasteiger partial charge is 0.338 e. The van der Waals surface area contributed by atoms with Gasteiger partial charge in [0.2, 0.25) is 17.7 Å². The fourth-order valence-electron chi connectivity index (χ4n) is 12.9. The molecule has 0 saturated carbocycles. The van der Waals surface area contributed by atoms with E-state index >= 15 is 0 Å². The zero-order valence-corrected chi connectivity index (χ0v) is 93.0. The van der Waals surface area contributed by atoms with Gasteiger partial charge in [0, 0.05) is 58.9 Å². The summed E-state index contributed by atoms with van der Waals surface area (Å²) in [6, 6.07) is 16.7. The van der Waals surface area contributed by atoms with E-state index in [9.17, 15) is 55.0 Å². The molecule has 0 amide bonds. The lowest BCUT2D eigenvalue weighted by molar-refractivity contribution is -0.201. The number of hydrogen-bond acceptors (Lipinski definition) is 47. The largest absolute Gasteiger partial charge is 0.464 e. The van der Waals surface area contributed by atoms with Crippen molar-refractivity contribution in [2.45, 2.75) is 240 Å². The Bertz CT molecular complexity index is 5150. The van der Waals surface area contributed by atoms with E-state index in [1.807, 2.05) is 66.7 Å². The number of nitrogens with zero attached hydrogens (tertiary/aromatic N) is 3. The molecule has 9 heterocycles. The van der Waals surface area contributed by atoms with E-state index in [1.54, 1.807) is 66.2 Å². The van der Waals surface area contributed by atoms with Gasteiger partial charge in [-0.1, -0.05) is 115 Å². The third kappa shape index (κ3) is 42.7. The Labute approximate surface area is 893 Å². The molecule has 0 bridgehead atoms. The van der Waals surface area contributed by atoms with E-state index in [2.05, 4.69) is 59.4 Å². The lowest BCUT2D eigenvalue weighted by atomic mass is 9.97. The maximum Gasteiger partial charge on any atom is 0.338 e. The highest BCUT2D eigenvalue weighted by Crippen LogP contribution is 2.44. The summed E-state index contributed by atoms with van der Waals surface area (Å²) >= 11 is 21.6. The Morgan fingerprint density at radius 3 is 1.11 bits per heavy atom. The summed E-state index contributed by atoms with van der Waals surface area (Å²) < 4.78 is 208. The zero-order valence-electron chi connectivity index (χ0n) is 87.5. The summed E-state index contributed by atoms with van der Waals surface area (Å²) in [6.45, 7) is 29.2. The van der Waals surface area contributed by atoms with Crippen molar-refractivity contribution in [1.82, 2.24) is 15.0 Å². The third-order valence-electron chi connectivity index (χ3n) is 20.8. The van der Waals surface area contributed by atoms with Gasteiger partial charge in [0.25, 0.3) is 10.1 Å². The molecule has 18 atom stereocenters. The molecule has 0 aliphatic carbocycles. The Hall–Kier alpha value is -6.58. The van der Waals surface area contributed by atoms with Crippen LogP contribution in [-0.4, -0.2) is 406 Å². The number of alkyl halides is 2. The summed E-state index contributed by atoms with van der Waals surface area (Å²) in [6.07, 6.45) is -13.8. The molecule has 54 heteroatoms. The molecule has 7 aromatic rings. The first-order valence-corrected chi connectivity index (χ1v) is 53.0. The number of esters is 4. The lowest BCUT2D eigenvalue weighted by Crippen LogP contribution is -2.46. The first-order chi connectivity index (χ1) is 71.0. The molecule has 13 rings (SSSR count). The number of benzene rings is 4. The predicted octanol–water partition coefficient (Wildman–Crippen LogP) is 8.60. The number of rotatable bonds is 40. The molecule has 6 saturated heterocycles. The SMILES string of the molecule is CC(C)(C)c1nc2ccc(Cl)c(S(=O)(=O)[C@@H]3COC[C@H]3F)c2o1.CC(C)(C)c1nc2ccc(Cl)c(S[C@@H]3COC[C@@H]3O)c2o1.CC(C)(C)c1nc2ccc(Cl)c(S[C@@H]3COC[C@H]3F)c2o1.CCOC(=O)[C@H](O)[C@@H](O)C(=O)OCC.CCOC(=O)[C@H](OCOC)[C@@H](OCOC)C(=O)OCC.COCO[C@@H](CO)[C@H](CO)OCOC.COCO[C@@H]1COC[C@H]1OCOC.Cc1ccc(S(=O)(=O)O[C@@H]2COC[C@H]2O)cc1.O[C@@H]1COC[C@H]1O. The number of hydrogen-bond donors (Lipinski definition) is 8. The highest BCUT2D eigenvalue weighted by Gasteiger charge is 2.45. The molecule has 6 aliphatic rings. The van der Waals surface area contributed by atoms with Crippen molar-refractivity contribution >= 4 is 135 Å². The molecule has 0 unspecified atom stereocenters. The molecule has 45 nitrogen and oxygen atoms in total. The van der Waals surface area contributed by atoms with Crippen LogP contribution >= 0.6 is 58.3 Å². The molecule has 8 N–H and O–H groups in total. The summed E-state index contributed by atoms with van der Waals surface area (Å²) in [5.74, 6) is -1.84. The third-order valence-corrected chi connectivity index (χ3v) is 28.4. The normalized spacial score (nSPS) is 21.8. The number of halogens is 5. The van der Waals surface area contributed by atoms with Crippen LogP contribution in [0.5, 0.6) is 0 Å². The van der Waals surface area contributed by atoms with Crippen molar-refractivity contribution in [1.29, 1.82) is 0 Å². The number of fused-ring (bicyclic) bond motifs is 3. The highest BCUT2D eigenvalue weighted by atomic mass is 35.5. The molecule has 6 fully saturated rings. The van der Waals surface area contributed by atoms with Crippen molar-refractivity contribution < 1.29 is 207 Å². The Balaban J connectivity index is 0.000000300. The number of aliphatic hydroxyl groups excluding tert-OH is 8. The Morgan fingerprint density at radius 1 is 0.420 bits per heavy atom. The van der Waals surface area contributed by atoms with Gasteiger partial charge in [0.05, 0.1) is 165 Å². The molecular weight excluding hydrogens is 2140 g/mol. The standard InChI is InChI=1S/C15H17ClFNO4S.C15H17ClFNO2S.C15H18ClNO3S.C12H22O8.C11H14O5S.C8H18O6.C8H14O6.C8H16O5.C4H8O3/c1-15(2,3)14-18-10-5-4-8(16)13(12(10)22-14)23(19,20)11-7-21-6-9(11)17;1-15(2,3)14-18-10-5-4-8(16)13(12(10)20-14)21-11-7-19-6-9(11)17;1-15(2,3)14-17-9-5-4-8(16)13(12(9)20-14)21-11-7-19-6-10(11)18;1-5-17-11(13)9(19-7-15-3)10(20-8-16-4)12(14)18-6-2;1-8-2-4-9(5-3-8)17(13,14)16-11-7-15-6-10(11)12;1-11-5-13-7(3-9)8(4-10)14-6-12-2;1-3-13-7(11)5(9)6(10)8(12)14-4-2;1-9-5-12-7-3-11-4-8(7)13-6-10-2;5-3-1-7-2-4(3)6/h4-5,9,11H,6-7H2,1-3H3;4-5,9,11H,6-7H2,1-3H3;4-5,10-11,18H,6-7H2,1-3H3;9-10H,5-8H2,1-4H3;2-5,10-12H,6-7H2,1H3;7-10H,3-6H2,1-2H3;5-6,9-10H,3-4H2,1-2H3;7-8H,3-6H2,1-2H3;3-6H,1-2H2/t2*9-,11-;10-,11+;9-,10-;10-,11-;7-,8-;5-,6-;7-,8-;3-,4-/m110110111/s1. The van der Waals surface area contributed by atoms with Gasteiger partial charge in [-0.05, 0) is 83.1 Å². The zero-order chi connectivity index (χ0) is 112. The molecule has 0 spiro atoms. The second-order valence-corrected chi connectivity index (χ2v) is 43.4. The van der Waals surface area contributed by atoms with E-state index < -0.39 is 134 Å². The molecule has 4 aromatic carbocycles. The van der Waals surface area contributed by atoms with Crippen LogP contribution in [-0.2, 0) is 164 Å². The quantitative estimate of drug-likeness (QED) is 0.00771. The summed E-state index contributed by atoms with van der Waals surface area (Å²) in [4.78, 5) is 60.2. The number of methoxy groups -OCH3 is 6. The van der Waals surface area contributed by atoms with Crippen molar-refractivity contribution in [3.8, 4) is 0 Å². The van der Waals surface area contributed by atoms with Crippen LogP contribution in [0.1, 0.15) is 113 Å². The summed E-state index contributed by atoms with van der Waals surface area (Å²) in [7, 11) is 1.01. The van der Waals surface area contributed by atoms with Crippen molar-refractivity contribution in [2.24, 2.45) is 0 Å². The van der Waals surface area contributed by atoms with Crippen LogP contribution < -0.4 is 0 Å². The molecule has 150 heavy (non-hydrogen) atoms. The lowest BCUT2D eigenvalue weighted by Gasteiger charge is -2.23. The van der Waals surface area contributed by atoms with Crippen molar-refractivity contribution in [2.75, 3.05) is 202 Å². The van der Waals surface area contributed by atoms with Gasteiger partial charge in [-0.25, -0.2) is 51.3 Å². The number of ether oxygens (including phenoxy) is 22. The number of aryl methyl sites for hydroxylation is 1. The van der Waals surface area contributed by atoms with Gasteiger partial charge in [-0.15, -0.1) is 23.5 Å². The van der Waals surface area contributed by atoms with E-state index in [0.717, 1.165) is 26.4 Å². The molecule has 3 aromatic heterocycles. The predicted molar refractivity (Wildman–Crippen MR) is 539 cm³/mol. The second kappa shape index (κ2) is 67.5. The minimum Gasteiger partial charge on any atom is -0.464 e. The fraction of sp³-hybridized carbons (Fsp3) is 0.677. The topological polar surface area (TPSA) is 589 Å². The van der Waals surface area contributed by atoms with Gasteiger partial charge >= 0.3 is 23.9 Å². The molecule has 854 valence electrons. The maximum absolute atomic E-state index is 13.9. The Morgan fingerprint density at radius 2 is 0.760 bits per heavy atom. The van der Waals surface area contributed by atoms with Crippen LogP contribution in [0.3, 0.4) is 0 Å². The monoisotopic (exact) mass is 2280 g/mol. The van der Waals surface area contributed by atoms with Crippen LogP contribution in [0.4, 0.5) is 8.78 Å². The fourth-order valence-corrected chi connectivity index (χ4v) is 19.0. The molecule has 6 aliphatic heterocycles. The van der Waals surface area contributed by atoms with Crippen LogP contribution in [0.25, 0.3) is 33.3 Å². The van der Waals surface area contributed by atoms with E-state index in [0.29, 0.717) is 77.4 Å². The first-order valence-electron chi connectivity index (χ1n) is 47.2. The van der Waals surface area contributed by atoms with Crippen LogP contribution in [0.15, 0.2) is 93.5 Å². The first kappa shape index (κ1) is 134. The summed E-state index contributed by atoms with van der Waals surface area (Å²) in [5.41, 5.74) is 3.54. The molecule has 0 radical (unpaired) electrons. The number of carbonyl (C=O) groups excluding carboxylic acids is 4. The second-order valence-electron chi connectivity index (χ2n) is 36.0. The van der Waals surface area contributed by atoms with Gasteiger partial charge in [0.15, 0.2) is 51.0 Å². The average Bonchev–Trinajstić information content (AvgIpc) is 1.45. The van der Waals surface area contributed by atoms with Crippen molar-refractivity contribution in [3.63, 3.8) is 0 Å². The number of aromatic nitrogens is 3. The van der Waals surface area contributed by atoms with Crippen LogP contribution in [0, 0.1) is 6.92 Å². The minimum absolute atomic E-state index is 0.00629. The maximum atomic E-state index is 13.9. The number of oxazole rings is 3. The number of thioether (sulfide) groups is 2. The van der Waals surface area contributed by atoms with Crippen molar-refractivity contribution in [3.05, 3.63) is 99.0 Å². The van der Waals surface area contributed by atoms with Crippen LogP contribution in [0.2, 0.25) is 15.1 Å². The molecular formula is C96H144Cl3F2N3O42S4. The van der Waals surface area contributed by atoms with Gasteiger partial charge in [-0.3, -0.25) is 4.18 Å². The average molecular weight is 2280 g/mol. The van der Waals surface area contributed by atoms with E-state index in [4.69, 9.17) is 163 Å². The van der Waals surface area contributed by atoms with Gasteiger partial charge in [0.1, 0.15) is 129 Å². The van der Waals surface area contributed by atoms with E-state index in [-0.39, 0.29) is 181 Å².